The van der Waals surface area contributed by atoms with Crippen molar-refractivity contribution in [2.45, 2.75) is 25.3 Å². The summed E-state index contributed by atoms with van der Waals surface area (Å²) in [5, 5.41) is 11.8. The number of rotatable bonds is 3. The van der Waals surface area contributed by atoms with Crippen molar-refractivity contribution in [3.05, 3.63) is 34.3 Å². The molecule has 0 aromatic heterocycles. The van der Waals surface area contributed by atoms with Crippen molar-refractivity contribution in [2.75, 3.05) is 6.54 Å². The zero-order chi connectivity index (χ0) is 13.8. The highest BCUT2D eigenvalue weighted by molar-refractivity contribution is 9.10. The maximum absolute atomic E-state index is 12.3. The molecule has 1 aromatic carbocycles. The molecule has 1 saturated heterocycles. The fraction of sp³-hybridized carbons (Fsp3) is 0.385. The Morgan fingerprint density at radius 1 is 1.58 bits per heavy atom. The molecule has 19 heavy (non-hydrogen) atoms. The van der Waals surface area contributed by atoms with Crippen LogP contribution < -0.4 is 5.73 Å². The fourth-order valence-corrected chi connectivity index (χ4v) is 2.81. The van der Waals surface area contributed by atoms with Gasteiger partial charge < -0.3 is 15.8 Å². The number of hydrogen-bond acceptors (Lipinski definition) is 3. The third-order valence-corrected chi connectivity index (χ3v) is 3.77. The molecule has 6 heteroatoms. The van der Waals surface area contributed by atoms with Gasteiger partial charge in [-0.1, -0.05) is 33.2 Å². The van der Waals surface area contributed by atoms with Crippen LogP contribution in [0.15, 0.2) is 33.9 Å². The lowest BCUT2D eigenvalue weighted by Gasteiger charge is -2.23. The maximum Gasteiger partial charge on any atom is 0.227 e. The molecule has 1 aromatic rings. The van der Waals surface area contributed by atoms with E-state index >= 15 is 0 Å². The second-order valence-corrected chi connectivity index (χ2v) is 5.49. The molecular weight excluding hydrogens is 310 g/mol. The summed E-state index contributed by atoms with van der Waals surface area (Å²) in [5.74, 6) is 0.118. The predicted octanol–water partition coefficient (Wildman–Crippen LogP) is 1.73. The van der Waals surface area contributed by atoms with Crippen LogP contribution in [0.25, 0.3) is 0 Å². The monoisotopic (exact) mass is 325 g/mol. The lowest BCUT2D eigenvalue weighted by atomic mass is 10.1. The van der Waals surface area contributed by atoms with Crippen LogP contribution in [0.1, 0.15) is 18.4 Å². The van der Waals surface area contributed by atoms with E-state index in [1.165, 1.54) is 0 Å². The number of nitrogens with two attached hydrogens (primary N) is 1. The molecule has 0 spiro atoms. The summed E-state index contributed by atoms with van der Waals surface area (Å²) in [6.07, 6.45) is 1.96. The highest BCUT2D eigenvalue weighted by Gasteiger charge is 2.31. The molecule has 0 radical (unpaired) electrons. The summed E-state index contributed by atoms with van der Waals surface area (Å²) >= 11 is 3.38. The van der Waals surface area contributed by atoms with Crippen molar-refractivity contribution in [3.8, 4) is 0 Å². The average molecular weight is 326 g/mol. The van der Waals surface area contributed by atoms with Gasteiger partial charge in [0.05, 0.1) is 12.5 Å². The van der Waals surface area contributed by atoms with Crippen molar-refractivity contribution >= 4 is 27.7 Å². The topological polar surface area (TPSA) is 78.9 Å². The summed E-state index contributed by atoms with van der Waals surface area (Å²) in [6, 6.07) is 7.38. The summed E-state index contributed by atoms with van der Waals surface area (Å²) in [4.78, 5) is 14.0. The Balaban J connectivity index is 2.07. The van der Waals surface area contributed by atoms with Gasteiger partial charge in [-0.3, -0.25) is 4.79 Å². The number of halogens is 1. The molecule has 2 rings (SSSR count). The number of carbonyl (C=O) groups is 1. The molecule has 102 valence electrons. The quantitative estimate of drug-likeness (QED) is 0.384. The second kappa shape index (κ2) is 6.06. The van der Waals surface area contributed by atoms with E-state index in [0.29, 0.717) is 13.0 Å². The Bertz CT molecular complexity index is 504. The zero-order valence-electron chi connectivity index (χ0n) is 10.4. The number of amidine groups is 1. The first-order valence-corrected chi connectivity index (χ1v) is 6.92. The molecule has 1 unspecified atom stereocenters. The number of oxime groups is 1. The van der Waals surface area contributed by atoms with Crippen LogP contribution in [0.2, 0.25) is 0 Å². The molecule has 1 amide bonds. The van der Waals surface area contributed by atoms with Gasteiger partial charge in [-0.25, -0.2) is 0 Å². The fourth-order valence-electron chi connectivity index (χ4n) is 2.36. The van der Waals surface area contributed by atoms with Crippen molar-refractivity contribution in [2.24, 2.45) is 10.9 Å². The molecule has 3 N–H and O–H groups in total. The van der Waals surface area contributed by atoms with E-state index in [1.54, 1.807) is 4.90 Å². The number of hydrogen-bond donors (Lipinski definition) is 2. The van der Waals surface area contributed by atoms with E-state index in [-0.39, 0.29) is 17.8 Å². The minimum Gasteiger partial charge on any atom is -0.409 e. The Labute approximate surface area is 120 Å². The highest BCUT2D eigenvalue weighted by atomic mass is 79.9. The number of likely N-dealkylation sites (tertiary alicyclic amines) is 1. The van der Waals surface area contributed by atoms with Crippen LogP contribution in [0.4, 0.5) is 0 Å². The number of carbonyl (C=O) groups excluding carboxylic acids is 1. The minimum atomic E-state index is -0.273. The first-order valence-electron chi connectivity index (χ1n) is 6.13. The molecular formula is C13H16BrN3O2. The van der Waals surface area contributed by atoms with E-state index in [9.17, 15) is 4.79 Å². The Morgan fingerprint density at radius 2 is 2.37 bits per heavy atom. The van der Waals surface area contributed by atoms with Gasteiger partial charge >= 0.3 is 0 Å². The van der Waals surface area contributed by atoms with Gasteiger partial charge in [0.25, 0.3) is 0 Å². The van der Waals surface area contributed by atoms with Gasteiger partial charge in [0.2, 0.25) is 5.91 Å². The lowest BCUT2D eigenvalue weighted by Crippen LogP contribution is -2.44. The first kappa shape index (κ1) is 13.9. The summed E-state index contributed by atoms with van der Waals surface area (Å²) < 4.78 is 0.951. The molecule has 0 saturated carbocycles. The van der Waals surface area contributed by atoms with Gasteiger partial charge in [-0.2, -0.15) is 0 Å². The largest absolute Gasteiger partial charge is 0.409 e. The maximum atomic E-state index is 12.3. The molecule has 1 heterocycles. The summed E-state index contributed by atoms with van der Waals surface area (Å²) in [6.45, 7) is 0.660. The van der Waals surface area contributed by atoms with Crippen LogP contribution in [0, 0.1) is 0 Å². The molecule has 5 nitrogen and oxygen atoms in total. The first-order chi connectivity index (χ1) is 9.11. The van der Waals surface area contributed by atoms with Crippen molar-refractivity contribution in [1.29, 1.82) is 0 Å². The highest BCUT2D eigenvalue weighted by Crippen LogP contribution is 2.20. The minimum absolute atomic E-state index is 0.00667. The molecule has 1 aliphatic rings. The van der Waals surface area contributed by atoms with Gasteiger partial charge in [-0.05, 0) is 30.5 Å². The van der Waals surface area contributed by atoms with Crippen molar-refractivity contribution < 1.29 is 10.0 Å². The molecule has 1 fully saturated rings. The van der Waals surface area contributed by atoms with E-state index in [2.05, 4.69) is 21.1 Å². The molecule has 0 bridgehead atoms. The Kier molecular flexibility index (Phi) is 4.42. The van der Waals surface area contributed by atoms with Crippen LogP contribution in [-0.2, 0) is 11.2 Å². The second-order valence-electron chi connectivity index (χ2n) is 4.58. The van der Waals surface area contributed by atoms with Gasteiger partial charge in [-0.15, -0.1) is 0 Å². The van der Waals surface area contributed by atoms with E-state index in [0.717, 1.165) is 22.9 Å². The van der Waals surface area contributed by atoms with Crippen LogP contribution >= 0.6 is 15.9 Å². The molecule has 1 atom stereocenters. The number of amides is 1. The number of nitrogens with zero attached hydrogens (tertiary/aromatic N) is 2. The van der Waals surface area contributed by atoms with Crippen LogP contribution in [0.5, 0.6) is 0 Å². The summed E-state index contributed by atoms with van der Waals surface area (Å²) in [5.41, 5.74) is 6.57. The van der Waals surface area contributed by atoms with Crippen LogP contribution in [-0.4, -0.2) is 34.4 Å². The Hall–Kier alpha value is -1.56. The van der Waals surface area contributed by atoms with E-state index < -0.39 is 0 Å². The zero-order valence-corrected chi connectivity index (χ0v) is 12.0. The third kappa shape index (κ3) is 3.26. The Morgan fingerprint density at radius 3 is 3.05 bits per heavy atom. The van der Waals surface area contributed by atoms with E-state index in [1.807, 2.05) is 24.3 Å². The van der Waals surface area contributed by atoms with Gasteiger partial charge in [0.1, 0.15) is 0 Å². The molecule has 0 aliphatic carbocycles. The normalized spacial score (nSPS) is 19.7. The lowest BCUT2D eigenvalue weighted by molar-refractivity contribution is -0.130. The van der Waals surface area contributed by atoms with Crippen molar-refractivity contribution in [3.63, 3.8) is 0 Å². The predicted molar refractivity (Wildman–Crippen MR) is 76.0 cm³/mol. The van der Waals surface area contributed by atoms with Crippen LogP contribution in [0.3, 0.4) is 0 Å². The summed E-state index contributed by atoms with van der Waals surface area (Å²) in [7, 11) is 0. The van der Waals surface area contributed by atoms with E-state index in [4.69, 9.17) is 10.9 Å². The van der Waals surface area contributed by atoms with Gasteiger partial charge in [0, 0.05) is 11.0 Å². The standard InChI is InChI=1S/C13H16BrN3O2/c14-10-4-1-3-9(7-10)8-12(18)17-6-2-5-11(17)13(15)16-19/h1,3-4,7,11,19H,2,5-6,8H2,(H2,15,16). The smallest absolute Gasteiger partial charge is 0.227 e. The molecule has 1 aliphatic heterocycles. The SMILES string of the molecule is NC(=NO)C1CCCN1C(=O)Cc1cccc(Br)c1. The third-order valence-electron chi connectivity index (χ3n) is 3.27. The number of benzene rings is 1. The average Bonchev–Trinajstić information content (AvgIpc) is 2.87. The van der Waals surface area contributed by atoms with Crippen molar-refractivity contribution in [1.82, 2.24) is 4.90 Å². The van der Waals surface area contributed by atoms with Gasteiger partial charge in [0.15, 0.2) is 5.84 Å².